The van der Waals surface area contributed by atoms with Crippen molar-refractivity contribution < 1.29 is 45.8 Å². The summed E-state index contributed by atoms with van der Waals surface area (Å²) in [7, 11) is 1.72. The molecule has 2 fully saturated rings. The predicted octanol–water partition coefficient (Wildman–Crippen LogP) is 7.10. The van der Waals surface area contributed by atoms with Crippen LogP contribution in [0.5, 0.6) is 0 Å². The maximum atomic E-state index is 13.6. The van der Waals surface area contributed by atoms with Crippen molar-refractivity contribution in [1.29, 1.82) is 0 Å². The average molecular weight is 683 g/mol. The van der Waals surface area contributed by atoms with Crippen LogP contribution < -0.4 is 4.90 Å². The predicted molar refractivity (Wildman–Crippen MR) is 160 cm³/mol. The Kier molecular flexibility index (Phi) is 9.92. The fourth-order valence-electron chi connectivity index (χ4n) is 6.55. The monoisotopic (exact) mass is 682 g/mol. The van der Waals surface area contributed by atoms with Crippen LogP contribution in [0, 0.1) is 11.8 Å². The van der Waals surface area contributed by atoms with Gasteiger partial charge in [-0.15, -0.1) is 0 Å². The van der Waals surface area contributed by atoms with Gasteiger partial charge in [0.2, 0.25) is 0 Å². The fraction of sp³-hybridized carbons (Fsp3) is 0.531. The summed E-state index contributed by atoms with van der Waals surface area (Å²) in [6, 6.07) is 1.95. The molecular weight excluding hydrogens is 646 g/mol. The summed E-state index contributed by atoms with van der Waals surface area (Å²) >= 11 is 0. The molecule has 2 aromatic heterocycles. The average Bonchev–Trinajstić information content (AvgIpc) is 3.57. The van der Waals surface area contributed by atoms with Crippen molar-refractivity contribution in [3.05, 3.63) is 59.0 Å². The molecule has 5 rings (SSSR count). The Bertz CT molecular complexity index is 1600. The van der Waals surface area contributed by atoms with Crippen molar-refractivity contribution in [3.8, 4) is 11.4 Å². The molecule has 10 nitrogen and oxygen atoms in total. The van der Waals surface area contributed by atoms with Gasteiger partial charge in [0.1, 0.15) is 17.5 Å². The number of rotatable bonds is 10. The second kappa shape index (κ2) is 13.6. The quantitative estimate of drug-likeness (QED) is 0.225. The number of aromatic nitrogens is 4. The fourth-order valence-corrected chi connectivity index (χ4v) is 6.55. The summed E-state index contributed by atoms with van der Waals surface area (Å²) in [4.78, 5) is 37.2. The molecule has 2 atom stereocenters. The van der Waals surface area contributed by atoms with Crippen LogP contribution in [-0.2, 0) is 35.5 Å². The number of carbonyl (C=O) groups is 2. The van der Waals surface area contributed by atoms with Crippen molar-refractivity contribution >= 4 is 17.9 Å². The van der Waals surface area contributed by atoms with Gasteiger partial charge in [-0.05, 0) is 81.2 Å². The molecule has 1 aliphatic heterocycles. The van der Waals surface area contributed by atoms with Crippen LogP contribution in [0.25, 0.3) is 11.4 Å². The number of aliphatic carboxylic acids is 1. The maximum absolute atomic E-state index is 13.6. The third kappa shape index (κ3) is 7.67. The van der Waals surface area contributed by atoms with Crippen LogP contribution in [0.15, 0.2) is 36.7 Å². The number of anilines is 1. The van der Waals surface area contributed by atoms with Gasteiger partial charge < -0.3 is 14.7 Å². The van der Waals surface area contributed by atoms with Gasteiger partial charge in [0, 0.05) is 32.8 Å². The molecule has 0 bridgehead atoms. The van der Waals surface area contributed by atoms with Gasteiger partial charge in [0.15, 0.2) is 5.82 Å². The second-order valence-electron chi connectivity index (χ2n) is 12.4. The van der Waals surface area contributed by atoms with Crippen LogP contribution in [0.1, 0.15) is 74.4 Å². The van der Waals surface area contributed by atoms with E-state index in [1.165, 1.54) is 11.8 Å². The molecule has 0 radical (unpaired) electrons. The van der Waals surface area contributed by atoms with E-state index in [2.05, 4.69) is 5.10 Å². The van der Waals surface area contributed by atoms with Gasteiger partial charge in [-0.3, -0.25) is 14.4 Å². The number of nitrogens with zero attached hydrogens (tertiary/aromatic N) is 6. The lowest BCUT2D eigenvalue weighted by atomic mass is 9.80. The standard InChI is InChI=1S/C32H36F6N6O4/c1-4-43(16-20-7-5-19(6-8-20)11-27(45)46)29-25(41-24(15-39-29)26-9-10-40-42(26)3)17-44-18(2)28(48-30(44)47)21-12-22(31(33,34)35)14-23(13-21)32(36,37)38/h9-10,12-15,18-20,28H,4-8,11,16-17H2,1-3H3,(H,45,46)/t18-,19-,20-,28?/m0/s1. The molecule has 1 amide bonds. The number of hydrogen-bond donors (Lipinski definition) is 1. The summed E-state index contributed by atoms with van der Waals surface area (Å²) in [5.74, 6) is 0.0398. The highest BCUT2D eigenvalue weighted by atomic mass is 19.4. The molecule has 260 valence electrons. The van der Waals surface area contributed by atoms with Crippen molar-refractivity contribution in [3.63, 3.8) is 0 Å². The van der Waals surface area contributed by atoms with Gasteiger partial charge in [-0.25, -0.2) is 14.8 Å². The van der Waals surface area contributed by atoms with Crippen molar-refractivity contribution in [2.24, 2.45) is 18.9 Å². The highest BCUT2D eigenvalue weighted by Gasteiger charge is 2.44. The highest BCUT2D eigenvalue weighted by molar-refractivity contribution is 5.71. The first-order chi connectivity index (χ1) is 22.5. The van der Waals surface area contributed by atoms with Crippen LogP contribution in [-0.4, -0.2) is 60.9 Å². The molecule has 16 heteroatoms. The van der Waals surface area contributed by atoms with Crippen molar-refractivity contribution in [2.75, 3.05) is 18.0 Å². The number of cyclic esters (lactones) is 1. The van der Waals surface area contributed by atoms with E-state index in [4.69, 9.17) is 14.7 Å². The summed E-state index contributed by atoms with van der Waals surface area (Å²) in [6.07, 6.45) is -5.91. The molecule has 2 aliphatic rings. The molecule has 1 unspecified atom stereocenters. The van der Waals surface area contributed by atoms with E-state index in [-0.39, 0.29) is 30.9 Å². The summed E-state index contributed by atoms with van der Waals surface area (Å²) < 4.78 is 88.6. The van der Waals surface area contributed by atoms with E-state index < -0.39 is 53.3 Å². The number of hydrogen-bond acceptors (Lipinski definition) is 7. The van der Waals surface area contributed by atoms with Crippen molar-refractivity contribution in [1.82, 2.24) is 24.6 Å². The van der Waals surface area contributed by atoms with Crippen LogP contribution in [0.4, 0.5) is 37.0 Å². The lowest BCUT2D eigenvalue weighted by Crippen LogP contribution is -2.36. The zero-order valence-corrected chi connectivity index (χ0v) is 26.6. The number of ether oxygens (including phenoxy) is 1. The smallest absolute Gasteiger partial charge is 0.416 e. The van der Waals surface area contributed by atoms with Gasteiger partial charge >= 0.3 is 24.4 Å². The zero-order chi connectivity index (χ0) is 35.0. The van der Waals surface area contributed by atoms with Gasteiger partial charge in [-0.2, -0.15) is 31.4 Å². The first-order valence-electron chi connectivity index (χ1n) is 15.6. The molecule has 1 aromatic carbocycles. The Hall–Kier alpha value is -4.37. The first kappa shape index (κ1) is 35.0. The van der Waals surface area contributed by atoms with Crippen LogP contribution >= 0.6 is 0 Å². The van der Waals surface area contributed by atoms with E-state index in [1.807, 2.05) is 11.8 Å². The normalized spacial score (nSPS) is 21.8. The van der Waals surface area contributed by atoms with E-state index in [0.717, 1.165) is 25.7 Å². The number of aryl methyl sites for hydroxylation is 1. The Labute approximate surface area is 272 Å². The first-order valence-corrected chi connectivity index (χ1v) is 15.6. The Morgan fingerprint density at radius 1 is 1.04 bits per heavy atom. The number of amides is 1. The SMILES string of the molecule is CCN(C[C@H]1CC[C@H](CC(=O)O)CC1)c1ncc(-c2ccnn2C)nc1CN1C(=O)OC(c2cc(C(F)(F)F)cc(C(F)(F)F)c2)[C@@H]1C. The second-order valence-corrected chi connectivity index (χ2v) is 12.4. The molecule has 0 spiro atoms. The lowest BCUT2D eigenvalue weighted by Gasteiger charge is -2.33. The van der Waals surface area contributed by atoms with Gasteiger partial charge in [-0.1, -0.05) is 0 Å². The van der Waals surface area contributed by atoms with Gasteiger partial charge in [0.25, 0.3) is 0 Å². The third-order valence-corrected chi connectivity index (χ3v) is 9.15. The topological polar surface area (TPSA) is 114 Å². The largest absolute Gasteiger partial charge is 0.481 e. The van der Waals surface area contributed by atoms with E-state index in [1.54, 1.807) is 30.2 Å². The highest BCUT2D eigenvalue weighted by Crippen LogP contribution is 2.41. The Balaban J connectivity index is 1.45. The molecule has 1 saturated carbocycles. The number of carboxylic acids is 1. The van der Waals surface area contributed by atoms with E-state index >= 15 is 0 Å². The van der Waals surface area contributed by atoms with Crippen molar-refractivity contribution in [2.45, 2.75) is 77.0 Å². The van der Waals surface area contributed by atoms with E-state index in [0.29, 0.717) is 48.1 Å². The molecule has 1 saturated heterocycles. The van der Waals surface area contributed by atoms with Crippen LogP contribution in [0.2, 0.25) is 0 Å². The Morgan fingerprint density at radius 3 is 2.21 bits per heavy atom. The molecule has 3 heterocycles. The maximum Gasteiger partial charge on any atom is 0.416 e. The summed E-state index contributed by atoms with van der Waals surface area (Å²) in [5.41, 5.74) is -1.98. The summed E-state index contributed by atoms with van der Waals surface area (Å²) in [5, 5.41) is 13.3. The number of carbonyl (C=O) groups excluding carboxylic acids is 1. The molecule has 1 aliphatic carbocycles. The number of halogens is 6. The molecular formula is C32H36F6N6O4. The lowest BCUT2D eigenvalue weighted by molar-refractivity contribution is -0.143. The van der Waals surface area contributed by atoms with Gasteiger partial charge in [0.05, 0.1) is 35.6 Å². The number of benzene rings is 1. The zero-order valence-electron chi connectivity index (χ0n) is 26.6. The minimum atomic E-state index is -5.06. The van der Waals surface area contributed by atoms with E-state index in [9.17, 15) is 41.0 Å². The minimum Gasteiger partial charge on any atom is -0.481 e. The molecule has 3 aromatic rings. The number of alkyl halides is 6. The van der Waals surface area contributed by atoms with Crippen LogP contribution in [0.3, 0.4) is 0 Å². The molecule has 1 N–H and O–H groups in total. The third-order valence-electron chi connectivity index (χ3n) is 9.15. The Morgan fingerprint density at radius 2 is 1.67 bits per heavy atom. The molecule has 48 heavy (non-hydrogen) atoms. The number of carboxylic acid groups (broad SMARTS) is 1. The summed E-state index contributed by atoms with van der Waals surface area (Å²) in [6.45, 7) is 4.36. The minimum absolute atomic E-state index is 0.0342.